The standard InChI is InChI=1S/C14H30N2/c1-14(2,9-10-15)8-4-11-16-12-7-13-5-3-6-13/h13,16H,3-12,15H2,1-2H3. The molecule has 3 N–H and O–H groups in total. The van der Waals surface area contributed by atoms with Crippen molar-refractivity contribution in [3.63, 3.8) is 0 Å². The summed E-state index contributed by atoms with van der Waals surface area (Å²) < 4.78 is 0. The van der Waals surface area contributed by atoms with Crippen molar-refractivity contribution in [2.24, 2.45) is 17.1 Å². The van der Waals surface area contributed by atoms with Crippen molar-refractivity contribution in [3.05, 3.63) is 0 Å². The second-order valence-electron chi connectivity index (χ2n) is 6.14. The Labute approximate surface area is 101 Å². The van der Waals surface area contributed by atoms with E-state index in [1.807, 2.05) is 0 Å². The molecule has 2 nitrogen and oxygen atoms in total. The zero-order chi connectivity index (χ0) is 11.9. The lowest BCUT2D eigenvalue weighted by Crippen LogP contribution is -2.24. The molecule has 0 spiro atoms. The zero-order valence-electron chi connectivity index (χ0n) is 11.2. The molecular weight excluding hydrogens is 196 g/mol. The quantitative estimate of drug-likeness (QED) is 0.593. The van der Waals surface area contributed by atoms with Crippen LogP contribution in [0.2, 0.25) is 0 Å². The minimum Gasteiger partial charge on any atom is -0.330 e. The van der Waals surface area contributed by atoms with Crippen molar-refractivity contribution >= 4 is 0 Å². The van der Waals surface area contributed by atoms with E-state index in [2.05, 4.69) is 19.2 Å². The maximum Gasteiger partial charge on any atom is -0.00463 e. The van der Waals surface area contributed by atoms with Crippen molar-refractivity contribution in [1.82, 2.24) is 5.32 Å². The molecule has 1 saturated carbocycles. The Morgan fingerprint density at radius 2 is 1.94 bits per heavy atom. The van der Waals surface area contributed by atoms with E-state index >= 15 is 0 Å². The van der Waals surface area contributed by atoms with Gasteiger partial charge in [0.15, 0.2) is 0 Å². The maximum absolute atomic E-state index is 5.61. The molecule has 0 aromatic heterocycles. The Balaban J connectivity index is 1.86. The fourth-order valence-corrected chi connectivity index (χ4v) is 2.42. The van der Waals surface area contributed by atoms with Gasteiger partial charge in [0.2, 0.25) is 0 Å². The molecule has 2 heteroatoms. The van der Waals surface area contributed by atoms with Gasteiger partial charge in [-0.1, -0.05) is 33.1 Å². The Bertz CT molecular complexity index is 174. The predicted molar refractivity (Wildman–Crippen MR) is 71.5 cm³/mol. The molecule has 0 radical (unpaired) electrons. The molecule has 0 aromatic rings. The van der Waals surface area contributed by atoms with E-state index in [-0.39, 0.29) is 0 Å². The molecule has 16 heavy (non-hydrogen) atoms. The first-order valence-electron chi connectivity index (χ1n) is 7.05. The van der Waals surface area contributed by atoms with E-state index in [1.54, 1.807) is 0 Å². The van der Waals surface area contributed by atoms with Gasteiger partial charge in [-0.2, -0.15) is 0 Å². The summed E-state index contributed by atoms with van der Waals surface area (Å²) in [5.74, 6) is 1.04. The summed E-state index contributed by atoms with van der Waals surface area (Å²) in [5, 5.41) is 3.57. The highest BCUT2D eigenvalue weighted by molar-refractivity contribution is 4.71. The first kappa shape index (κ1) is 14.0. The zero-order valence-corrected chi connectivity index (χ0v) is 11.2. The molecule has 1 rings (SSSR count). The van der Waals surface area contributed by atoms with Gasteiger partial charge in [0, 0.05) is 0 Å². The monoisotopic (exact) mass is 226 g/mol. The molecule has 1 aliphatic carbocycles. The number of nitrogens with one attached hydrogen (secondary N) is 1. The van der Waals surface area contributed by atoms with E-state index in [4.69, 9.17) is 5.73 Å². The topological polar surface area (TPSA) is 38.0 Å². The lowest BCUT2D eigenvalue weighted by atomic mass is 9.83. The average Bonchev–Trinajstić information content (AvgIpc) is 2.13. The first-order valence-corrected chi connectivity index (χ1v) is 7.05. The van der Waals surface area contributed by atoms with E-state index in [9.17, 15) is 0 Å². The van der Waals surface area contributed by atoms with Crippen LogP contribution in [-0.4, -0.2) is 19.6 Å². The Hall–Kier alpha value is -0.0800. The van der Waals surface area contributed by atoms with E-state index in [0.29, 0.717) is 5.41 Å². The molecule has 0 aromatic carbocycles. The van der Waals surface area contributed by atoms with Crippen molar-refractivity contribution in [3.8, 4) is 0 Å². The van der Waals surface area contributed by atoms with Crippen molar-refractivity contribution in [2.45, 2.75) is 58.8 Å². The van der Waals surface area contributed by atoms with Gasteiger partial charge in [0.25, 0.3) is 0 Å². The summed E-state index contributed by atoms with van der Waals surface area (Å²) in [4.78, 5) is 0. The van der Waals surface area contributed by atoms with Crippen LogP contribution in [0.15, 0.2) is 0 Å². The fraction of sp³-hybridized carbons (Fsp3) is 1.00. The number of rotatable bonds is 9. The minimum absolute atomic E-state index is 0.435. The van der Waals surface area contributed by atoms with Gasteiger partial charge < -0.3 is 11.1 Å². The summed E-state index contributed by atoms with van der Waals surface area (Å²) in [7, 11) is 0. The van der Waals surface area contributed by atoms with E-state index in [0.717, 1.165) is 18.9 Å². The van der Waals surface area contributed by atoms with Crippen LogP contribution in [0.25, 0.3) is 0 Å². The molecule has 1 aliphatic rings. The van der Waals surface area contributed by atoms with Crippen LogP contribution in [0.4, 0.5) is 0 Å². The van der Waals surface area contributed by atoms with Crippen LogP contribution in [0.1, 0.15) is 58.8 Å². The Morgan fingerprint density at radius 1 is 1.19 bits per heavy atom. The van der Waals surface area contributed by atoms with Gasteiger partial charge in [0.1, 0.15) is 0 Å². The Kier molecular flexibility index (Phi) is 6.37. The normalized spacial score (nSPS) is 17.4. The van der Waals surface area contributed by atoms with Gasteiger partial charge in [-0.05, 0) is 56.7 Å². The van der Waals surface area contributed by atoms with E-state index in [1.165, 1.54) is 51.6 Å². The van der Waals surface area contributed by atoms with Gasteiger partial charge in [-0.3, -0.25) is 0 Å². The second kappa shape index (κ2) is 7.29. The molecule has 1 fully saturated rings. The van der Waals surface area contributed by atoms with E-state index < -0.39 is 0 Å². The van der Waals surface area contributed by atoms with Gasteiger partial charge in [0.05, 0.1) is 0 Å². The summed E-state index contributed by atoms with van der Waals surface area (Å²) in [6, 6.07) is 0. The number of hydrogen-bond acceptors (Lipinski definition) is 2. The van der Waals surface area contributed by atoms with Crippen LogP contribution < -0.4 is 11.1 Å². The highest BCUT2D eigenvalue weighted by Crippen LogP contribution is 2.28. The van der Waals surface area contributed by atoms with Gasteiger partial charge >= 0.3 is 0 Å². The number of nitrogens with two attached hydrogens (primary N) is 1. The van der Waals surface area contributed by atoms with Crippen LogP contribution in [-0.2, 0) is 0 Å². The van der Waals surface area contributed by atoms with Crippen LogP contribution in [0, 0.1) is 11.3 Å². The van der Waals surface area contributed by atoms with Crippen LogP contribution >= 0.6 is 0 Å². The largest absolute Gasteiger partial charge is 0.330 e. The highest BCUT2D eigenvalue weighted by atomic mass is 14.8. The summed E-state index contributed by atoms with van der Waals surface area (Å²) >= 11 is 0. The molecule has 0 heterocycles. The average molecular weight is 226 g/mol. The van der Waals surface area contributed by atoms with Crippen molar-refractivity contribution < 1.29 is 0 Å². The third kappa shape index (κ3) is 5.86. The molecule has 0 amide bonds. The maximum atomic E-state index is 5.61. The third-order valence-corrected chi connectivity index (χ3v) is 3.98. The molecule has 0 aliphatic heterocycles. The molecule has 0 atom stereocenters. The predicted octanol–water partition coefficient (Wildman–Crippen LogP) is 2.92. The third-order valence-electron chi connectivity index (χ3n) is 3.98. The smallest absolute Gasteiger partial charge is 0.00463 e. The molecule has 0 bridgehead atoms. The van der Waals surface area contributed by atoms with Crippen molar-refractivity contribution in [2.75, 3.05) is 19.6 Å². The van der Waals surface area contributed by atoms with Crippen LogP contribution in [0.3, 0.4) is 0 Å². The lowest BCUT2D eigenvalue weighted by molar-refractivity contribution is 0.284. The molecular formula is C14H30N2. The first-order chi connectivity index (χ1) is 7.64. The number of hydrogen-bond donors (Lipinski definition) is 2. The van der Waals surface area contributed by atoms with Crippen LogP contribution in [0.5, 0.6) is 0 Å². The SMILES string of the molecule is CC(C)(CCN)CCCNCCC1CCC1. The lowest BCUT2D eigenvalue weighted by Gasteiger charge is -2.26. The second-order valence-corrected chi connectivity index (χ2v) is 6.14. The van der Waals surface area contributed by atoms with Crippen molar-refractivity contribution in [1.29, 1.82) is 0 Å². The summed E-state index contributed by atoms with van der Waals surface area (Å²) in [6.07, 6.45) is 9.55. The minimum atomic E-state index is 0.435. The van der Waals surface area contributed by atoms with Gasteiger partial charge in [-0.15, -0.1) is 0 Å². The Morgan fingerprint density at radius 3 is 2.50 bits per heavy atom. The summed E-state index contributed by atoms with van der Waals surface area (Å²) in [6.45, 7) is 7.88. The molecule has 0 unspecified atom stereocenters. The highest BCUT2D eigenvalue weighted by Gasteiger charge is 2.17. The summed E-state index contributed by atoms with van der Waals surface area (Å²) in [5.41, 5.74) is 6.04. The molecule has 96 valence electrons. The fourth-order valence-electron chi connectivity index (χ4n) is 2.42. The van der Waals surface area contributed by atoms with Gasteiger partial charge in [-0.25, -0.2) is 0 Å². The molecule has 0 saturated heterocycles.